The minimum absolute atomic E-state index is 0.00904. The Bertz CT molecular complexity index is 1160. The molecule has 4 rings (SSSR count). The number of aliphatic hydroxyl groups is 1. The molecule has 0 bridgehead atoms. The van der Waals surface area contributed by atoms with E-state index in [1.807, 2.05) is 30.3 Å². The van der Waals surface area contributed by atoms with Gasteiger partial charge in [-0.2, -0.15) is 0 Å². The van der Waals surface area contributed by atoms with E-state index in [1.165, 1.54) is 11.9 Å². The molecule has 1 aromatic heterocycles. The Morgan fingerprint density at radius 1 is 1.23 bits per heavy atom. The molecule has 0 fully saturated rings. The Morgan fingerprint density at radius 2 is 1.90 bits per heavy atom. The highest BCUT2D eigenvalue weighted by Gasteiger charge is 2.33. The van der Waals surface area contributed by atoms with Crippen LogP contribution in [0.4, 0.5) is 8.78 Å². The second-order valence-corrected chi connectivity index (χ2v) is 7.34. The third kappa shape index (κ3) is 3.59. The number of pyridine rings is 1. The maximum atomic E-state index is 14.0. The topological polar surface area (TPSA) is 82.6 Å². The first-order chi connectivity index (χ1) is 14.4. The van der Waals surface area contributed by atoms with E-state index in [-0.39, 0.29) is 30.4 Å². The Hall–Kier alpha value is -3.10. The predicted molar refractivity (Wildman–Crippen MR) is 106 cm³/mol. The van der Waals surface area contributed by atoms with Gasteiger partial charge in [-0.05, 0) is 23.1 Å². The number of H-pyrrole nitrogens is 1. The zero-order valence-corrected chi connectivity index (χ0v) is 16.2. The summed E-state index contributed by atoms with van der Waals surface area (Å²) in [6, 6.07) is 10.2. The van der Waals surface area contributed by atoms with Crippen molar-refractivity contribution in [2.24, 2.45) is 0 Å². The number of halogens is 2. The van der Waals surface area contributed by atoms with Crippen molar-refractivity contribution in [2.45, 2.75) is 25.2 Å². The highest BCUT2D eigenvalue weighted by Crippen LogP contribution is 2.34. The number of aromatic nitrogens is 1. The summed E-state index contributed by atoms with van der Waals surface area (Å²) < 4.78 is 33.2. The fraction of sp³-hybridized carbons (Fsp3) is 0.273. The van der Waals surface area contributed by atoms with Gasteiger partial charge in [0.15, 0.2) is 11.6 Å². The lowest BCUT2D eigenvalue weighted by Crippen LogP contribution is -2.43. The normalized spacial score (nSPS) is 16.9. The average molecular weight is 414 g/mol. The van der Waals surface area contributed by atoms with Crippen LogP contribution in [0.25, 0.3) is 10.8 Å². The van der Waals surface area contributed by atoms with Gasteiger partial charge in [0.2, 0.25) is 0 Å². The maximum absolute atomic E-state index is 14.0. The number of carbonyl (C=O) groups excluding carboxylic acids is 1. The van der Waals surface area contributed by atoms with Gasteiger partial charge in [0.1, 0.15) is 6.10 Å². The molecule has 0 saturated carbocycles. The van der Waals surface area contributed by atoms with Gasteiger partial charge in [-0.15, -0.1) is 0 Å². The van der Waals surface area contributed by atoms with E-state index >= 15 is 0 Å². The summed E-state index contributed by atoms with van der Waals surface area (Å²) >= 11 is 0. The lowest BCUT2D eigenvalue weighted by Gasteiger charge is -2.34. The van der Waals surface area contributed by atoms with Gasteiger partial charge in [-0.25, -0.2) is 8.78 Å². The summed E-state index contributed by atoms with van der Waals surface area (Å²) in [6.07, 6.45) is -1.15. The number of carbonyl (C=O) groups is 1. The summed E-state index contributed by atoms with van der Waals surface area (Å²) in [4.78, 5) is 29.2. The standard InChI is InChI=1S/C22H20F2N2O4/c1-26(22(29)19(27)7-12-5-3-2-4-6-12)18-11-30-10-17-20(18)13-8-15(23)16(24)9-14(13)21(28)25-17/h2-6,8-9,18-19,27H,7,10-11H2,1H3,(H,25,28). The summed E-state index contributed by atoms with van der Waals surface area (Å²) in [5, 5.41) is 10.7. The van der Waals surface area contributed by atoms with Crippen LogP contribution in [0.3, 0.4) is 0 Å². The van der Waals surface area contributed by atoms with Gasteiger partial charge in [-0.1, -0.05) is 30.3 Å². The number of nitrogens with one attached hydrogen (secondary N) is 1. The molecule has 30 heavy (non-hydrogen) atoms. The van der Waals surface area contributed by atoms with Crippen LogP contribution in [0, 0.1) is 11.6 Å². The molecule has 2 unspecified atom stereocenters. The first-order valence-electron chi connectivity index (χ1n) is 9.47. The molecule has 2 atom stereocenters. The summed E-state index contributed by atoms with van der Waals surface area (Å²) in [5.41, 5.74) is 1.12. The van der Waals surface area contributed by atoms with Gasteiger partial charge in [0, 0.05) is 24.7 Å². The lowest BCUT2D eigenvalue weighted by molar-refractivity contribution is -0.143. The van der Waals surface area contributed by atoms with Crippen LogP contribution in [0.5, 0.6) is 0 Å². The molecule has 6 nitrogen and oxygen atoms in total. The molecule has 1 amide bonds. The van der Waals surface area contributed by atoms with Gasteiger partial charge < -0.3 is 19.7 Å². The van der Waals surface area contributed by atoms with E-state index in [1.54, 1.807) is 0 Å². The van der Waals surface area contributed by atoms with Crippen molar-refractivity contribution in [1.82, 2.24) is 9.88 Å². The molecule has 3 aromatic rings. The van der Waals surface area contributed by atoms with Crippen LogP contribution in [0.15, 0.2) is 47.3 Å². The fourth-order valence-electron chi connectivity index (χ4n) is 3.86. The number of nitrogens with zero attached hydrogens (tertiary/aromatic N) is 1. The third-order valence-corrected chi connectivity index (χ3v) is 5.41. The van der Waals surface area contributed by atoms with Crippen molar-refractivity contribution >= 4 is 16.7 Å². The molecule has 156 valence electrons. The van der Waals surface area contributed by atoms with E-state index in [0.29, 0.717) is 11.3 Å². The Labute approximate surface area is 170 Å². The Morgan fingerprint density at radius 3 is 2.60 bits per heavy atom. The summed E-state index contributed by atoms with van der Waals surface area (Å²) in [5.74, 6) is -2.75. The fourth-order valence-corrected chi connectivity index (χ4v) is 3.86. The number of aliphatic hydroxyl groups excluding tert-OH is 1. The van der Waals surface area contributed by atoms with Crippen molar-refractivity contribution < 1.29 is 23.4 Å². The highest BCUT2D eigenvalue weighted by molar-refractivity contribution is 5.88. The SMILES string of the molecule is CN(C(=O)C(O)Cc1ccccc1)C1COCc2[nH]c(=O)c3cc(F)c(F)cc3c21. The first kappa shape index (κ1) is 20.2. The molecule has 0 radical (unpaired) electrons. The number of aromatic amines is 1. The van der Waals surface area contributed by atoms with Gasteiger partial charge >= 0.3 is 0 Å². The molecular formula is C22H20F2N2O4. The second kappa shape index (κ2) is 7.97. The van der Waals surface area contributed by atoms with E-state index < -0.39 is 35.2 Å². The summed E-state index contributed by atoms with van der Waals surface area (Å²) in [6.45, 7) is 0.165. The van der Waals surface area contributed by atoms with Gasteiger partial charge in [0.25, 0.3) is 11.5 Å². The van der Waals surface area contributed by atoms with Crippen molar-refractivity contribution in [3.05, 3.63) is 81.3 Å². The quantitative estimate of drug-likeness (QED) is 0.687. The van der Waals surface area contributed by atoms with Crippen molar-refractivity contribution in [1.29, 1.82) is 0 Å². The largest absolute Gasteiger partial charge is 0.383 e. The Balaban J connectivity index is 1.71. The highest BCUT2D eigenvalue weighted by atomic mass is 19.2. The molecule has 1 aliphatic heterocycles. The van der Waals surface area contributed by atoms with Crippen molar-refractivity contribution in [3.63, 3.8) is 0 Å². The van der Waals surface area contributed by atoms with Gasteiger partial charge in [0.05, 0.1) is 24.6 Å². The number of benzene rings is 2. The first-order valence-corrected chi connectivity index (χ1v) is 9.47. The number of fused-ring (bicyclic) bond motifs is 3. The zero-order chi connectivity index (χ0) is 21.4. The summed E-state index contributed by atoms with van der Waals surface area (Å²) in [7, 11) is 1.51. The molecule has 2 heterocycles. The number of rotatable bonds is 4. The van der Waals surface area contributed by atoms with Crippen LogP contribution in [0.2, 0.25) is 0 Å². The molecular weight excluding hydrogens is 394 g/mol. The van der Waals surface area contributed by atoms with Crippen LogP contribution in [-0.2, 0) is 22.6 Å². The number of likely N-dealkylation sites (N-methyl/N-ethyl adjacent to an activating group) is 1. The average Bonchev–Trinajstić information content (AvgIpc) is 2.74. The third-order valence-electron chi connectivity index (χ3n) is 5.41. The monoisotopic (exact) mass is 414 g/mol. The lowest BCUT2D eigenvalue weighted by atomic mass is 9.95. The van der Waals surface area contributed by atoms with Crippen molar-refractivity contribution in [2.75, 3.05) is 13.7 Å². The van der Waals surface area contributed by atoms with Crippen LogP contribution in [0.1, 0.15) is 22.9 Å². The number of hydrogen-bond donors (Lipinski definition) is 2. The minimum atomic E-state index is -1.29. The van der Waals surface area contributed by atoms with E-state index in [9.17, 15) is 23.5 Å². The molecule has 8 heteroatoms. The number of hydrogen-bond acceptors (Lipinski definition) is 4. The van der Waals surface area contributed by atoms with Crippen LogP contribution >= 0.6 is 0 Å². The van der Waals surface area contributed by atoms with Gasteiger partial charge in [-0.3, -0.25) is 9.59 Å². The molecule has 0 saturated heterocycles. The smallest absolute Gasteiger partial charge is 0.256 e. The molecule has 0 aliphatic carbocycles. The van der Waals surface area contributed by atoms with Crippen LogP contribution < -0.4 is 5.56 Å². The van der Waals surface area contributed by atoms with E-state index in [2.05, 4.69) is 4.98 Å². The number of ether oxygens (including phenoxy) is 1. The predicted octanol–water partition coefficient (Wildman–Crippen LogP) is 2.44. The second-order valence-electron chi connectivity index (χ2n) is 7.34. The van der Waals surface area contributed by atoms with E-state index in [0.717, 1.165) is 17.7 Å². The van der Waals surface area contributed by atoms with Crippen molar-refractivity contribution in [3.8, 4) is 0 Å². The molecule has 0 spiro atoms. The maximum Gasteiger partial charge on any atom is 0.256 e. The minimum Gasteiger partial charge on any atom is -0.383 e. The zero-order valence-electron chi connectivity index (χ0n) is 16.2. The Kier molecular flexibility index (Phi) is 5.36. The van der Waals surface area contributed by atoms with Crippen LogP contribution in [-0.4, -0.2) is 40.7 Å². The molecule has 1 aliphatic rings. The number of amides is 1. The van der Waals surface area contributed by atoms with E-state index in [4.69, 9.17) is 4.74 Å². The molecule has 2 N–H and O–H groups in total. The molecule has 2 aromatic carbocycles.